The van der Waals surface area contributed by atoms with Crippen molar-refractivity contribution in [3.63, 3.8) is 0 Å². The number of hydrogen-bond acceptors (Lipinski definition) is 1. The lowest BCUT2D eigenvalue weighted by Gasteiger charge is -2.38. The molecule has 0 aromatic heterocycles. The third-order valence-electron chi connectivity index (χ3n) is 5.96. The molecule has 0 bridgehead atoms. The Morgan fingerprint density at radius 1 is 0.821 bits per heavy atom. The van der Waals surface area contributed by atoms with E-state index in [1.54, 1.807) is 5.57 Å². The number of rotatable bonds is 14. The van der Waals surface area contributed by atoms with E-state index in [4.69, 9.17) is 0 Å². The van der Waals surface area contributed by atoms with E-state index in [1.807, 2.05) is 0 Å². The number of benzene rings is 1. The Kier molecular flexibility index (Phi) is 11.1. The first-order chi connectivity index (χ1) is 13.8. The number of allylic oxidation sites excluding steroid dienone is 1. The third kappa shape index (κ3) is 7.15. The first kappa shape index (κ1) is 22.8. The molecular formula is C27H43N. The molecule has 0 radical (unpaired) electrons. The van der Waals surface area contributed by atoms with Gasteiger partial charge in [-0.3, -0.25) is 0 Å². The molecule has 1 aliphatic heterocycles. The van der Waals surface area contributed by atoms with Crippen LogP contribution in [0.4, 0.5) is 5.69 Å². The molecule has 1 unspecified atom stereocenters. The van der Waals surface area contributed by atoms with Gasteiger partial charge in [0.25, 0.3) is 0 Å². The number of nitrogens with zero attached hydrogens (tertiary/aromatic N) is 1. The molecular weight excluding hydrogens is 338 g/mol. The van der Waals surface area contributed by atoms with Gasteiger partial charge in [-0.15, -0.1) is 0 Å². The molecule has 0 spiro atoms. The molecule has 0 fully saturated rings. The van der Waals surface area contributed by atoms with Crippen molar-refractivity contribution in [2.45, 2.75) is 110 Å². The Bertz CT molecular complexity index is 598. The van der Waals surface area contributed by atoms with E-state index >= 15 is 0 Å². The quantitative estimate of drug-likeness (QED) is 0.291. The van der Waals surface area contributed by atoms with Crippen LogP contribution in [0.25, 0.3) is 6.08 Å². The van der Waals surface area contributed by atoms with Crippen molar-refractivity contribution in [2.75, 3.05) is 4.90 Å². The largest absolute Gasteiger partial charge is 0.341 e. The summed E-state index contributed by atoms with van der Waals surface area (Å²) in [4.78, 5) is 2.61. The monoisotopic (exact) mass is 381 g/mol. The highest BCUT2D eigenvalue weighted by molar-refractivity contribution is 5.75. The van der Waals surface area contributed by atoms with Gasteiger partial charge in [-0.05, 0) is 49.3 Å². The summed E-state index contributed by atoms with van der Waals surface area (Å²) in [5, 5.41) is 0. The van der Waals surface area contributed by atoms with Gasteiger partial charge >= 0.3 is 0 Å². The average molecular weight is 382 g/mol. The molecule has 0 saturated heterocycles. The second kappa shape index (κ2) is 13.6. The lowest BCUT2D eigenvalue weighted by molar-refractivity contribution is 0.557. The van der Waals surface area contributed by atoms with Crippen LogP contribution in [0.15, 0.2) is 42.1 Å². The highest BCUT2D eigenvalue weighted by atomic mass is 15.2. The summed E-state index contributed by atoms with van der Waals surface area (Å²) in [5.41, 5.74) is 4.45. The number of fused-ring (bicyclic) bond motifs is 1. The first-order valence-electron chi connectivity index (χ1n) is 12.1. The second-order valence-electron chi connectivity index (χ2n) is 8.39. The topological polar surface area (TPSA) is 3.24 Å². The molecule has 28 heavy (non-hydrogen) atoms. The van der Waals surface area contributed by atoms with Crippen LogP contribution in [0.1, 0.15) is 110 Å². The van der Waals surface area contributed by atoms with Crippen molar-refractivity contribution >= 4 is 11.8 Å². The van der Waals surface area contributed by atoms with Crippen molar-refractivity contribution < 1.29 is 0 Å². The van der Waals surface area contributed by atoms with Gasteiger partial charge in [0.1, 0.15) is 0 Å². The minimum absolute atomic E-state index is 0.547. The van der Waals surface area contributed by atoms with E-state index in [0.717, 1.165) is 0 Å². The Hall–Kier alpha value is -1.50. The number of unbranched alkanes of at least 4 members (excludes halogenated alkanes) is 8. The fourth-order valence-corrected chi connectivity index (χ4v) is 4.28. The molecule has 0 aliphatic carbocycles. The number of para-hydroxylation sites is 1. The molecule has 1 atom stereocenters. The third-order valence-corrected chi connectivity index (χ3v) is 5.96. The second-order valence-corrected chi connectivity index (χ2v) is 8.39. The van der Waals surface area contributed by atoms with Crippen molar-refractivity contribution in [1.82, 2.24) is 0 Å². The lowest BCUT2D eigenvalue weighted by Crippen LogP contribution is -2.35. The molecule has 156 valence electrons. The van der Waals surface area contributed by atoms with Gasteiger partial charge in [0.15, 0.2) is 0 Å². The van der Waals surface area contributed by atoms with Crippen LogP contribution in [-0.2, 0) is 0 Å². The van der Waals surface area contributed by atoms with E-state index < -0.39 is 0 Å². The summed E-state index contributed by atoms with van der Waals surface area (Å²) < 4.78 is 0. The molecule has 0 N–H and O–H groups in total. The van der Waals surface area contributed by atoms with E-state index in [-0.39, 0.29) is 0 Å². The highest BCUT2D eigenvalue weighted by Gasteiger charge is 2.26. The van der Waals surface area contributed by atoms with Gasteiger partial charge in [-0.2, -0.15) is 0 Å². The number of anilines is 1. The summed E-state index contributed by atoms with van der Waals surface area (Å²) in [6.07, 6.45) is 24.4. The molecule has 1 heteroatoms. The maximum atomic E-state index is 2.61. The van der Waals surface area contributed by atoms with Gasteiger partial charge < -0.3 is 4.90 Å². The molecule has 2 rings (SSSR count). The normalized spacial score (nSPS) is 16.5. The zero-order valence-electron chi connectivity index (χ0n) is 18.8. The standard InChI is InChI=1S/C27H43N/c1-4-7-10-12-17-22-28-26(20-14-11-8-5-2)24(18-13-9-6-3)23-25-19-15-16-21-27(25)28/h15-17,19,21-23,26H,4-14,18,20H2,1-3H3. The van der Waals surface area contributed by atoms with E-state index in [1.165, 1.54) is 94.7 Å². The molecule has 1 nitrogen and oxygen atoms in total. The van der Waals surface area contributed by atoms with Crippen molar-refractivity contribution in [3.05, 3.63) is 47.7 Å². The van der Waals surface area contributed by atoms with Crippen LogP contribution < -0.4 is 4.90 Å². The fourth-order valence-electron chi connectivity index (χ4n) is 4.28. The van der Waals surface area contributed by atoms with E-state index in [9.17, 15) is 0 Å². The van der Waals surface area contributed by atoms with Crippen molar-refractivity contribution in [2.24, 2.45) is 0 Å². The van der Waals surface area contributed by atoms with Crippen LogP contribution in [0.5, 0.6) is 0 Å². The smallest absolute Gasteiger partial charge is 0.0549 e. The Morgan fingerprint density at radius 3 is 2.32 bits per heavy atom. The van der Waals surface area contributed by atoms with Crippen LogP contribution in [0.2, 0.25) is 0 Å². The van der Waals surface area contributed by atoms with Crippen LogP contribution >= 0.6 is 0 Å². The van der Waals surface area contributed by atoms with Gasteiger partial charge in [-0.1, -0.05) is 102 Å². The van der Waals surface area contributed by atoms with Gasteiger partial charge in [0.05, 0.1) is 6.04 Å². The van der Waals surface area contributed by atoms with Crippen molar-refractivity contribution in [1.29, 1.82) is 0 Å². The SMILES string of the molecule is CCCCCC=CN1c2ccccc2C=C(CCCCC)C1CCCCCC. The van der Waals surface area contributed by atoms with Crippen molar-refractivity contribution in [3.8, 4) is 0 Å². The molecule has 1 aromatic carbocycles. The highest BCUT2D eigenvalue weighted by Crippen LogP contribution is 2.37. The molecule has 1 aliphatic rings. The Morgan fingerprint density at radius 2 is 1.54 bits per heavy atom. The van der Waals surface area contributed by atoms with Gasteiger partial charge in [0, 0.05) is 11.9 Å². The average Bonchev–Trinajstić information content (AvgIpc) is 2.72. The van der Waals surface area contributed by atoms with Gasteiger partial charge in [0.2, 0.25) is 0 Å². The maximum Gasteiger partial charge on any atom is 0.0549 e. The Labute approximate surface area is 174 Å². The zero-order chi connectivity index (χ0) is 20.0. The first-order valence-corrected chi connectivity index (χ1v) is 12.1. The molecule has 0 saturated carbocycles. The maximum absolute atomic E-state index is 2.61. The van der Waals surface area contributed by atoms with E-state index in [0.29, 0.717) is 6.04 Å². The van der Waals surface area contributed by atoms with Crippen LogP contribution in [0, 0.1) is 0 Å². The summed E-state index contributed by atoms with van der Waals surface area (Å²) >= 11 is 0. The lowest BCUT2D eigenvalue weighted by atomic mass is 9.88. The van der Waals surface area contributed by atoms with Crippen LogP contribution in [-0.4, -0.2) is 6.04 Å². The summed E-state index contributed by atoms with van der Waals surface area (Å²) in [5.74, 6) is 0. The minimum atomic E-state index is 0.547. The summed E-state index contributed by atoms with van der Waals surface area (Å²) in [7, 11) is 0. The number of hydrogen-bond donors (Lipinski definition) is 0. The van der Waals surface area contributed by atoms with E-state index in [2.05, 4.69) is 68.3 Å². The predicted molar refractivity (Wildman–Crippen MR) is 127 cm³/mol. The van der Waals surface area contributed by atoms with Crippen LogP contribution in [0.3, 0.4) is 0 Å². The predicted octanol–water partition coefficient (Wildman–Crippen LogP) is 8.90. The minimum Gasteiger partial charge on any atom is -0.341 e. The molecule has 1 heterocycles. The summed E-state index contributed by atoms with van der Waals surface area (Å²) in [6.45, 7) is 6.89. The van der Waals surface area contributed by atoms with Gasteiger partial charge in [-0.25, -0.2) is 0 Å². The fraction of sp³-hybridized carbons (Fsp3) is 0.630. The molecule has 1 aromatic rings. The molecule has 0 amide bonds. The Balaban J connectivity index is 2.20. The summed E-state index contributed by atoms with van der Waals surface area (Å²) in [6, 6.07) is 9.53. The zero-order valence-corrected chi connectivity index (χ0v) is 18.8.